The maximum atomic E-state index is 11.6. The van der Waals surface area contributed by atoms with Crippen LogP contribution in [0.1, 0.15) is 6.42 Å². The minimum absolute atomic E-state index is 0.150. The van der Waals surface area contributed by atoms with Crippen molar-refractivity contribution in [1.82, 2.24) is 5.32 Å². The van der Waals surface area contributed by atoms with Gasteiger partial charge < -0.3 is 10.1 Å². The normalized spacial score (nSPS) is 10.0. The first-order chi connectivity index (χ1) is 12.5. The van der Waals surface area contributed by atoms with E-state index in [1.54, 1.807) is 42.5 Å². The molecule has 0 saturated carbocycles. The zero-order chi connectivity index (χ0) is 18.8. The highest BCUT2D eigenvalue weighted by atomic mass is 35.5. The van der Waals surface area contributed by atoms with Crippen molar-refractivity contribution in [3.8, 4) is 0 Å². The lowest BCUT2D eigenvalue weighted by Crippen LogP contribution is -2.37. The number of anilines is 1. The summed E-state index contributed by atoms with van der Waals surface area (Å²) in [6.45, 7) is -0.507. The molecule has 0 aliphatic rings. The standard InChI is InChI=1S/C18H17ClN2O4S/c19-13-6-8-15(9-7-13)26-11-10-17(23)25-12-16(22)21-18(24)20-14-4-2-1-3-5-14/h1-9H,10-12H2,(H2,20,21,22,24). The molecule has 0 aliphatic heterocycles. The molecule has 136 valence electrons. The predicted octanol–water partition coefficient (Wildman–Crippen LogP) is 3.71. The van der Waals surface area contributed by atoms with Crippen LogP contribution in [-0.2, 0) is 14.3 Å². The van der Waals surface area contributed by atoms with Crippen LogP contribution in [0.15, 0.2) is 59.5 Å². The molecule has 0 atom stereocenters. The average molecular weight is 393 g/mol. The lowest BCUT2D eigenvalue weighted by Gasteiger charge is -2.07. The van der Waals surface area contributed by atoms with E-state index in [-0.39, 0.29) is 6.42 Å². The molecule has 2 aromatic carbocycles. The minimum Gasteiger partial charge on any atom is -0.456 e. The van der Waals surface area contributed by atoms with Gasteiger partial charge in [0.15, 0.2) is 6.61 Å². The molecule has 0 heterocycles. The highest BCUT2D eigenvalue weighted by Crippen LogP contribution is 2.20. The third-order valence-electron chi connectivity index (χ3n) is 3.04. The number of hydrogen-bond acceptors (Lipinski definition) is 5. The first kappa shape index (κ1) is 19.8. The number of rotatable bonds is 7. The number of para-hydroxylation sites is 1. The van der Waals surface area contributed by atoms with Crippen molar-refractivity contribution in [3.05, 3.63) is 59.6 Å². The van der Waals surface area contributed by atoms with Gasteiger partial charge in [-0.15, -0.1) is 11.8 Å². The van der Waals surface area contributed by atoms with Gasteiger partial charge in [-0.05, 0) is 36.4 Å². The Labute approximate surface area is 160 Å². The lowest BCUT2D eigenvalue weighted by atomic mass is 10.3. The highest BCUT2D eigenvalue weighted by molar-refractivity contribution is 7.99. The molecule has 6 nitrogen and oxygen atoms in total. The fourth-order valence-corrected chi connectivity index (χ4v) is 2.81. The largest absolute Gasteiger partial charge is 0.456 e. The molecule has 0 saturated heterocycles. The smallest absolute Gasteiger partial charge is 0.325 e. The number of halogens is 1. The Bertz CT molecular complexity index is 754. The monoisotopic (exact) mass is 392 g/mol. The Morgan fingerprint density at radius 2 is 1.69 bits per heavy atom. The van der Waals surface area contributed by atoms with Gasteiger partial charge in [-0.25, -0.2) is 4.79 Å². The van der Waals surface area contributed by atoms with Gasteiger partial charge in [0.2, 0.25) is 0 Å². The fourth-order valence-electron chi connectivity index (χ4n) is 1.85. The van der Waals surface area contributed by atoms with Crippen LogP contribution in [-0.4, -0.2) is 30.3 Å². The number of imide groups is 1. The zero-order valence-corrected chi connectivity index (χ0v) is 15.3. The molecule has 0 bridgehead atoms. The van der Waals surface area contributed by atoms with Crippen LogP contribution in [0.3, 0.4) is 0 Å². The molecule has 0 radical (unpaired) electrons. The Kier molecular flexibility index (Phi) is 7.98. The van der Waals surface area contributed by atoms with E-state index in [9.17, 15) is 14.4 Å². The van der Waals surface area contributed by atoms with Crippen molar-refractivity contribution in [2.24, 2.45) is 0 Å². The number of nitrogens with one attached hydrogen (secondary N) is 2. The van der Waals surface area contributed by atoms with Crippen LogP contribution in [0.5, 0.6) is 0 Å². The summed E-state index contributed by atoms with van der Waals surface area (Å²) in [6, 6.07) is 15.2. The Balaban J connectivity index is 1.61. The summed E-state index contributed by atoms with van der Waals surface area (Å²) in [5.41, 5.74) is 0.550. The maximum Gasteiger partial charge on any atom is 0.325 e. The summed E-state index contributed by atoms with van der Waals surface area (Å²) in [5, 5.41) is 5.23. The number of benzene rings is 2. The number of esters is 1. The summed E-state index contributed by atoms with van der Waals surface area (Å²) >= 11 is 7.28. The minimum atomic E-state index is -0.697. The van der Waals surface area contributed by atoms with E-state index >= 15 is 0 Å². The molecule has 8 heteroatoms. The van der Waals surface area contributed by atoms with E-state index in [1.165, 1.54) is 11.8 Å². The Morgan fingerprint density at radius 1 is 1.00 bits per heavy atom. The number of hydrogen-bond donors (Lipinski definition) is 2. The van der Waals surface area contributed by atoms with E-state index in [0.717, 1.165) is 4.90 Å². The van der Waals surface area contributed by atoms with Crippen molar-refractivity contribution in [3.63, 3.8) is 0 Å². The summed E-state index contributed by atoms with van der Waals surface area (Å²) in [7, 11) is 0. The number of carbonyl (C=O) groups is 3. The van der Waals surface area contributed by atoms with Gasteiger partial charge in [0.25, 0.3) is 5.91 Å². The van der Waals surface area contributed by atoms with Crippen molar-refractivity contribution in [1.29, 1.82) is 0 Å². The summed E-state index contributed by atoms with van der Waals surface area (Å²) < 4.78 is 4.85. The van der Waals surface area contributed by atoms with Crippen LogP contribution < -0.4 is 10.6 Å². The second-order valence-corrected chi connectivity index (χ2v) is 6.69. The van der Waals surface area contributed by atoms with Gasteiger partial charge in [0.1, 0.15) is 0 Å². The molecule has 0 spiro atoms. The molecule has 0 unspecified atom stereocenters. The van der Waals surface area contributed by atoms with Gasteiger partial charge >= 0.3 is 12.0 Å². The molecular formula is C18H17ClN2O4S. The molecule has 0 fully saturated rings. The second kappa shape index (κ2) is 10.5. The first-order valence-corrected chi connectivity index (χ1v) is 9.09. The topological polar surface area (TPSA) is 84.5 Å². The van der Waals surface area contributed by atoms with Gasteiger partial charge in [-0.3, -0.25) is 14.9 Å². The number of ether oxygens (including phenoxy) is 1. The van der Waals surface area contributed by atoms with E-state index in [1.807, 2.05) is 12.1 Å². The van der Waals surface area contributed by atoms with E-state index in [2.05, 4.69) is 10.6 Å². The van der Waals surface area contributed by atoms with Gasteiger partial charge in [0.05, 0.1) is 6.42 Å². The third kappa shape index (κ3) is 7.58. The second-order valence-electron chi connectivity index (χ2n) is 5.08. The van der Waals surface area contributed by atoms with Crippen molar-refractivity contribution in [2.45, 2.75) is 11.3 Å². The van der Waals surface area contributed by atoms with Crippen LogP contribution in [0, 0.1) is 0 Å². The SMILES string of the molecule is O=C(COC(=O)CCSc1ccc(Cl)cc1)NC(=O)Nc1ccccc1. The number of urea groups is 1. The van der Waals surface area contributed by atoms with Crippen molar-refractivity contribution in [2.75, 3.05) is 17.7 Å². The molecule has 2 aromatic rings. The van der Waals surface area contributed by atoms with Crippen molar-refractivity contribution >= 4 is 47.0 Å². The van der Waals surface area contributed by atoms with Crippen LogP contribution in [0.2, 0.25) is 5.02 Å². The zero-order valence-electron chi connectivity index (χ0n) is 13.7. The van der Waals surface area contributed by atoms with E-state index < -0.39 is 24.5 Å². The first-order valence-electron chi connectivity index (χ1n) is 7.73. The average Bonchev–Trinajstić information content (AvgIpc) is 2.62. The molecular weight excluding hydrogens is 376 g/mol. The number of carbonyl (C=O) groups excluding carboxylic acids is 3. The molecule has 26 heavy (non-hydrogen) atoms. The quantitative estimate of drug-likeness (QED) is 0.554. The molecule has 2 rings (SSSR count). The van der Waals surface area contributed by atoms with Gasteiger partial charge in [-0.1, -0.05) is 29.8 Å². The van der Waals surface area contributed by atoms with E-state index in [4.69, 9.17) is 16.3 Å². The van der Waals surface area contributed by atoms with E-state index in [0.29, 0.717) is 16.5 Å². The van der Waals surface area contributed by atoms with Gasteiger partial charge in [-0.2, -0.15) is 0 Å². The van der Waals surface area contributed by atoms with Crippen LogP contribution >= 0.6 is 23.4 Å². The summed E-state index contributed by atoms with van der Waals surface area (Å²) in [5.74, 6) is -0.696. The number of thioether (sulfide) groups is 1. The summed E-state index contributed by atoms with van der Waals surface area (Å²) in [4.78, 5) is 35.8. The highest BCUT2D eigenvalue weighted by Gasteiger charge is 2.11. The predicted molar refractivity (Wildman–Crippen MR) is 101 cm³/mol. The Morgan fingerprint density at radius 3 is 2.38 bits per heavy atom. The molecule has 3 amide bonds. The fraction of sp³-hybridized carbons (Fsp3) is 0.167. The number of amides is 3. The molecule has 0 aromatic heterocycles. The third-order valence-corrected chi connectivity index (χ3v) is 4.30. The molecule has 2 N–H and O–H groups in total. The lowest BCUT2D eigenvalue weighted by molar-refractivity contribution is -0.147. The van der Waals surface area contributed by atoms with Crippen molar-refractivity contribution < 1.29 is 19.1 Å². The van der Waals surface area contributed by atoms with Crippen LogP contribution in [0.25, 0.3) is 0 Å². The maximum absolute atomic E-state index is 11.6. The Hall–Kier alpha value is -2.51. The van der Waals surface area contributed by atoms with Crippen LogP contribution in [0.4, 0.5) is 10.5 Å². The van der Waals surface area contributed by atoms with Gasteiger partial charge in [0, 0.05) is 21.4 Å². The molecule has 0 aliphatic carbocycles. The summed E-state index contributed by atoms with van der Waals surface area (Å²) in [6.07, 6.45) is 0.150.